The van der Waals surface area contributed by atoms with Gasteiger partial charge >= 0.3 is 0 Å². The molecule has 2 aromatic carbocycles. The van der Waals surface area contributed by atoms with Crippen LogP contribution in [0.2, 0.25) is 0 Å². The van der Waals surface area contributed by atoms with Gasteiger partial charge in [0.25, 0.3) is 11.8 Å². The smallest absolute Gasteiger partial charge is 0.272 e. The molecule has 1 aliphatic rings. The van der Waals surface area contributed by atoms with E-state index in [1.165, 1.54) is 5.01 Å². The van der Waals surface area contributed by atoms with E-state index < -0.39 is 5.54 Å². The minimum atomic E-state index is -0.570. The largest absolute Gasteiger partial charge is 0.365 e. The monoisotopic (exact) mass is 352 g/mol. The van der Waals surface area contributed by atoms with Crippen LogP contribution in [0.15, 0.2) is 54.6 Å². The van der Waals surface area contributed by atoms with Gasteiger partial charge in [0.2, 0.25) is 0 Å². The van der Waals surface area contributed by atoms with Crippen LogP contribution in [0.25, 0.3) is 0 Å². The second kappa shape index (κ2) is 6.92. The Bertz CT molecular complexity index is 794. The normalized spacial score (nSPS) is 18.9. The molecule has 1 N–H and O–H groups in total. The summed E-state index contributed by atoms with van der Waals surface area (Å²) in [7, 11) is 0. The summed E-state index contributed by atoms with van der Waals surface area (Å²) in [4.78, 5) is 25.5. The van der Waals surface area contributed by atoms with E-state index in [0.29, 0.717) is 11.1 Å². The summed E-state index contributed by atoms with van der Waals surface area (Å²) >= 11 is 0. The van der Waals surface area contributed by atoms with Crippen molar-refractivity contribution in [1.82, 2.24) is 10.4 Å². The van der Waals surface area contributed by atoms with Gasteiger partial charge in [0, 0.05) is 11.1 Å². The van der Waals surface area contributed by atoms with E-state index in [9.17, 15) is 9.59 Å². The summed E-state index contributed by atoms with van der Waals surface area (Å²) < 4.78 is 5.44. The van der Waals surface area contributed by atoms with Gasteiger partial charge in [-0.05, 0) is 57.5 Å². The number of carbonyl (C=O) groups excluding carboxylic acids is 2. The van der Waals surface area contributed by atoms with E-state index in [2.05, 4.69) is 5.43 Å². The summed E-state index contributed by atoms with van der Waals surface area (Å²) in [5.41, 5.74) is 4.27. The second-order valence-electron chi connectivity index (χ2n) is 7.50. The number of rotatable bonds is 3. The molecule has 0 aromatic heterocycles. The molecule has 2 unspecified atom stereocenters. The Morgan fingerprint density at radius 2 is 1.54 bits per heavy atom. The van der Waals surface area contributed by atoms with Crippen molar-refractivity contribution in [2.75, 3.05) is 0 Å². The van der Waals surface area contributed by atoms with Crippen LogP contribution in [0.1, 0.15) is 60.1 Å². The van der Waals surface area contributed by atoms with Gasteiger partial charge in [0.1, 0.15) is 6.10 Å². The van der Waals surface area contributed by atoms with Crippen LogP contribution in [0.5, 0.6) is 0 Å². The van der Waals surface area contributed by atoms with E-state index in [-0.39, 0.29) is 24.0 Å². The Hall–Kier alpha value is -2.66. The van der Waals surface area contributed by atoms with Gasteiger partial charge in [-0.25, -0.2) is 5.01 Å². The third-order valence-corrected chi connectivity index (χ3v) is 4.32. The topological polar surface area (TPSA) is 61.9 Å². The van der Waals surface area contributed by atoms with Crippen LogP contribution in [0.4, 0.5) is 0 Å². The zero-order valence-corrected chi connectivity index (χ0v) is 15.5. The molecule has 5 heteroatoms. The standard InChI is InChI=1S/C21H24N2O3/c1-14-18(26-14)15-10-12-16(13-11-15)19(24)22-23(21(2,3)4)20(25)17-8-6-5-7-9-17/h5-14,18H,1-4H3,(H,22,24). The highest BCUT2D eigenvalue weighted by Crippen LogP contribution is 2.37. The van der Waals surface area contributed by atoms with Gasteiger partial charge in [0.05, 0.1) is 11.6 Å². The number of hydrogen-bond donors (Lipinski definition) is 1. The van der Waals surface area contributed by atoms with Crippen molar-refractivity contribution in [3.63, 3.8) is 0 Å². The summed E-state index contributed by atoms with van der Waals surface area (Å²) in [5.74, 6) is -0.566. The average molecular weight is 352 g/mol. The number of amides is 2. The van der Waals surface area contributed by atoms with Crippen LogP contribution in [0.3, 0.4) is 0 Å². The Balaban J connectivity index is 1.76. The highest BCUT2D eigenvalue weighted by Gasteiger charge is 2.35. The molecule has 26 heavy (non-hydrogen) atoms. The maximum Gasteiger partial charge on any atom is 0.272 e. The van der Waals surface area contributed by atoms with Crippen LogP contribution in [-0.4, -0.2) is 28.5 Å². The van der Waals surface area contributed by atoms with Gasteiger partial charge in [-0.3, -0.25) is 15.0 Å². The predicted molar refractivity (Wildman–Crippen MR) is 99.6 cm³/mol. The number of benzene rings is 2. The fraction of sp³-hybridized carbons (Fsp3) is 0.333. The number of ether oxygens (including phenoxy) is 1. The van der Waals surface area contributed by atoms with Crippen molar-refractivity contribution in [3.8, 4) is 0 Å². The number of nitrogens with one attached hydrogen (secondary N) is 1. The summed E-state index contributed by atoms with van der Waals surface area (Å²) in [5, 5.41) is 1.38. The van der Waals surface area contributed by atoms with Crippen molar-refractivity contribution in [2.24, 2.45) is 0 Å². The van der Waals surface area contributed by atoms with Crippen molar-refractivity contribution in [1.29, 1.82) is 0 Å². The van der Waals surface area contributed by atoms with Crippen molar-refractivity contribution < 1.29 is 14.3 Å². The lowest BCUT2D eigenvalue weighted by molar-refractivity contribution is 0.0358. The van der Waals surface area contributed by atoms with Crippen LogP contribution < -0.4 is 5.43 Å². The molecule has 0 saturated carbocycles. The zero-order valence-electron chi connectivity index (χ0n) is 15.5. The maximum atomic E-state index is 12.8. The third kappa shape index (κ3) is 3.94. The van der Waals surface area contributed by atoms with Crippen LogP contribution in [-0.2, 0) is 4.74 Å². The van der Waals surface area contributed by atoms with Gasteiger partial charge in [-0.2, -0.15) is 0 Å². The SMILES string of the molecule is CC1OC1c1ccc(C(=O)NN(C(=O)c2ccccc2)C(C)(C)C)cc1. The lowest BCUT2D eigenvalue weighted by Gasteiger charge is -2.35. The molecular weight excluding hydrogens is 328 g/mol. The van der Waals surface area contributed by atoms with E-state index in [4.69, 9.17) is 4.74 Å². The molecule has 136 valence electrons. The molecular formula is C21H24N2O3. The van der Waals surface area contributed by atoms with Crippen molar-refractivity contribution in [3.05, 3.63) is 71.3 Å². The number of hydrogen-bond acceptors (Lipinski definition) is 3. The molecule has 0 aliphatic carbocycles. The highest BCUT2D eigenvalue weighted by molar-refractivity contribution is 5.99. The third-order valence-electron chi connectivity index (χ3n) is 4.32. The Labute approximate surface area is 153 Å². The number of hydrazine groups is 1. The van der Waals surface area contributed by atoms with Gasteiger partial charge < -0.3 is 4.74 Å². The molecule has 2 atom stereocenters. The first-order valence-corrected chi connectivity index (χ1v) is 8.73. The molecule has 1 heterocycles. The lowest BCUT2D eigenvalue weighted by atomic mass is 10.1. The molecule has 0 bridgehead atoms. The van der Waals surface area contributed by atoms with Gasteiger partial charge in [-0.15, -0.1) is 0 Å². The molecule has 5 nitrogen and oxygen atoms in total. The van der Waals surface area contributed by atoms with E-state index >= 15 is 0 Å². The van der Waals surface area contributed by atoms with Crippen molar-refractivity contribution in [2.45, 2.75) is 45.4 Å². The number of carbonyl (C=O) groups is 2. The predicted octanol–water partition coefficient (Wildman–Crippen LogP) is 3.73. The number of epoxide rings is 1. The summed E-state index contributed by atoms with van der Waals surface area (Å²) in [6, 6.07) is 16.2. The molecule has 1 saturated heterocycles. The van der Waals surface area contributed by atoms with E-state index in [1.807, 2.05) is 45.9 Å². The second-order valence-corrected chi connectivity index (χ2v) is 7.50. The van der Waals surface area contributed by atoms with Crippen LogP contribution in [0, 0.1) is 0 Å². The van der Waals surface area contributed by atoms with Crippen LogP contribution >= 0.6 is 0 Å². The molecule has 2 aromatic rings. The summed E-state index contributed by atoms with van der Waals surface area (Å²) in [6.45, 7) is 7.65. The molecule has 3 rings (SSSR count). The first-order valence-electron chi connectivity index (χ1n) is 8.73. The average Bonchev–Trinajstić information content (AvgIpc) is 3.35. The van der Waals surface area contributed by atoms with E-state index in [0.717, 1.165) is 5.56 Å². The zero-order chi connectivity index (χ0) is 18.9. The van der Waals surface area contributed by atoms with E-state index in [1.54, 1.807) is 36.4 Å². The van der Waals surface area contributed by atoms with Crippen molar-refractivity contribution >= 4 is 11.8 Å². The molecule has 0 radical (unpaired) electrons. The Morgan fingerprint density at radius 1 is 0.962 bits per heavy atom. The lowest BCUT2D eigenvalue weighted by Crippen LogP contribution is -2.55. The minimum Gasteiger partial charge on any atom is -0.365 e. The van der Waals surface area contributed by atoms with Gasteiger partial charge in [-0.1, -0.05) is 30.3 Å². The van der Waals surface area contributed by atoms with Gasteiger partial charge in [0.15, 0.2) is 0 Å². The Morgan fingerprint density at radius 3 is 2.04 bits per heavy atom. The maximum absolute atomic E-state index is 12.8. The first kappa shape index (κ1) is 18.1. The number of nitrogens with zero attached hydrogens (tertiary/aromatic N) is 1. The molecule has 2 amide bonds. The Kier molecular flexibility index (Phi) is 4.83. The molecule has 1 aliphatic heterocycles. The highest BCUT2D eigenvalue weighted by atomic mass is 16.6. The fourth-order valence-corrected chi connectivity index (χ4v) is 2.76. The fourth-order valence-electron chi connectivity index (χ4n) is 2.76. The quantitative estimate of drug-likeness (QED) is 0.676. The molecule has 0 spiro atoms. The minimum absolute atomic E-state index is 0.123. The molecule has 1 fully saturated rings. The first-order chi connectivity index (χ1) is 12.3. The summed E-state index contributed by atoms with van der Waals surface area (Å²) in [6.07, 6.45) is 0.354.